The van der Waals surface area contributed by atoms with Crippen LogP contribution in [0.25, 0.3) is 71.7 Å². The van der Waals surface area contributed by atoms with Crippen molar-refractivity contribution in [3.8, 4) is 22.3 Å². The van der Waals surface area contributed by atoms with Gasteiger partial charge in [0.1, 0.15) is 22.3 Å². The molecule has 2 aliphatic heterocycles. The number of anilines is 5. The second kappa shape index (κ2) is 15.1. The molecule has 4 heteroatoms. The van der Waals surface area contributed by atoms with Crippen LogP contribution in [0.1, 0.15) is 49.9 Å². The molecule has 11 aromatic rings. The molecule has 9 aromatic carbocycles. The summed E-state index contributed by atoms with van der Waals surface area (Å²) in [6.45, 7) is 9.64. The number of benzene rings is 9. The number of nitrogens with zero attached hydrogens (tertiary/aromatic N) is 2. The highest BCUT2D eigenvalue weighted by Gasteiger charge is 2.46. The van der Waals surface area contributed by atoms with Crippen molar-refractivity contribution in [2.24, 2.45) is 5.92 Å². The van der Waals surface area contributed by atoms with Gasteiger partial charge in [0.15, 0.2) is 0 Å². The lowest BCUT2D eigenvalue weighted by Gasteiger charge is -2.51. The molecule has 0 saturated heterocycles. The van der Waals surface area contributed by atoms with E-state index in [0.717, 1.165) is 55.1 Å². The van der Waals surface area contributed by atoms with Crippen molar-refractivity contribution in [1.29, 1.82) is 0 Å². The number of hydrogen-bond donors (Lipinski definition) is 0. The molecule has 0 fully saturated rings. The summed E-state index contributed by atoms with van der Waals surface area (Å²) in [6, 6.07) is 73.1. The molecule has 14 rings (SSSR count). The summed E-state index contributed by atoms with van der Waals surface area (Å²) in [6.07, 6.45) is 7.42. The molecule has 1 aliphatic carbocycles. The average molecular weight is 903 g/mol. The first kappa shape index (κ1) is 40.7. The van der Waals surface area contributed by atoms with Gasteiger partial charge in [0.2, 0.25) is 0 Å². The highest BCUT2D eigenvalue weighted by molar-refractivity contribution is 6.07. The molecule has 70 heavy (non-hydrogen) atoms. The highest BCUT2D eigenvalue weighted by Crippen LogP contribution is 2.55. The number of para-hydroxylation sites is 4. The molecule has 2 unspecified atom stereocenters. The number of allylic oxidation sites excluding steroid dienone is 2. The Labute approximate surface area is 408 Å². The quantitative estimate of drug-likeness (QED) is 0.172. The van der Waals surface area contributed by atoms with Crippen LogP contribution in [-0.2, 0) is 10.8 Å². The van der Waals surface area contributed by atoms with Crippen LogP contribution in [-0.4, -0.2) is 6.04 Å². The molecule has 4 nitrogen and oxygen atoms in total. The van der Waals surface area contributed by atoms with Crippen LogP contribution in [0.5, 0.6) is 0 Å². The van der Waals surface area contributed by atoms with E-state index >= 15 is 0 Å². The SMILES string of the molecule is CC1(C)c2ccccc2N(c2cccc(-c3ccc4oc5ccccc5c4c3)c2)c2ccc(C3=CC4C(C=C3)N(c3cccc(-c5ccc6oc7ccccc7c6c5)c3)c3ccccc3C4(C)C)cc21. The van der Waals surface area contributed by atoms with E-state index in [9.17, 15) is 0 Å². The van der Waals surface area contributed by atoms with E-state index in [1.165, 1.54) is 67.3 Å². The third-order valence-corrected chi connectivity index (χ3v) is 15.9. The highest BCUT2D eigenvalue weighted by atomic mass is 16.3. The van der Waals surface area contributed by atoms with Gasteiger partial charge in [0.25, 0.3) is 0 Å². The van der Waals surface area contributed by atoms with Crippen molar-refractivity contribution < 1.29 is 8.83 Å². The van der Waals surface area contributed by atoms with Crippen molar-refractivity contribution >= 4 is 77.9 Å². The summed E-state index contributed by atoms with van der Waals surface area (Å²) in [4.78, 5) is 5.05. The maximum absolute atomic E-state index is 6.20. The van der Waals surface area contributed by atoms with E-state index in [1.807, 2.05) is 24.3 Å². The Kier molecular flexibility index (Phi) is 8.77. The maximum Gasteiger partial charge on any atom is 0.135 e. The fourth-order valence-corrected chi connectivity index (χ4v) is 12.3. The molecule has 336 valence electrons. The van der Waals surface area contributed by atoms with E-state index in [0.29, 0.717) is 0 Å². The zero-order valence-corrected chi connectivity index (χ0v) is 39.7. The topological polar surface area (TPSA) is 32.8 Å². The number of hydrogen-bond acceptors (Lipinski definition) is 4. The van der Waals surface area contributed by atoms with Crippen molar-refractivity contribution in [3.05, 3.63) is 241 Å². The largest absolute Gasteiger partial charge is 0.456 e. The summed E-state index contributed by atoms with van der Waals surface area (Å²) >= 11 is 0. The van der Waals surface area contributed by atoms with E-state index in [4.69, 9.17) is 8.83 Å². The summed E-state index contributed by atoms with van der Waals surface area (Å²) in [5, 5.41) is 4.56. The molecule has 0 N–H and O–H groups in total. The minimum atomic E-state index is -0.245. The van der Waals surface area contributed by atoms with Gasteiger partial charge < -0.3 is 18.6 Å². The van der Waals surface area contributed by atoms with Crippen LogP contribution in [0.2, 0.25) is 0 Å². The average Bonchev–Trinajstić information content (AvgIpc) is 3.97. The summed E-state index contributed by atoms with van der Waals surface area (Å²) in [7, 11) is 0. The lowest BCUT2D eigenvalue weighted by atomic mass is 9.64. The first-order valence-corrected chi connectivity index (χ1v) is 24.6. The molecule has 0 saturated carbocycles. The minimum Gasteiger partial charge on any atom is -0.456 e. The Morgan fingerprint density at radius 1 is 0.400 bits per heavy atom. The first-order chi connectivity index (χ1) is 34.2. The van der Waals surface area contributed by atoms with Crippen LogP contribution >= 0.6 is 0 Å². The Morgan fingerprint density at radius 3 is 1.61 bits per heavy atom. The Bertz CT molecular complexity index is 4010. The van der Waals surface area contributed by atoms with Gasteiger partial charge >= 0.3 is 0 Å². The van der Waals surface area contributed by atoms with E-state index in [2.05, 4.69) is 232 Å². The predicted octanol–water partition coefficient (Wildman–Crippen LogP) is 18.0. The van der Waals surface area contributed by atoms with Gasteiger partial charge in [0, 0.05) is 55.4 Å². The van der Waals surface area contributed by atoms with E-state index in [-0.39, 0.29) is 22.8 Å². The Hall–Kier alpha value is -8.34. The van der Waals surface area contributed by atoms with Crippen LogP contribution < -0.4 is 9.80 Å². The van der Waals surface area contributed by atoms with Gasteiger partial charge in [0.05, 0.1) is 17.4 Å². The molecule has 0 radical (unpaired) electrons. The summed E-state index contributed by atoms with van der Waals surface area (Å²) < 4.78 is 12.4. The van der Waals surface area contributed by atoms with Crippen molar-refractivity contribution in [1.82, 2.24) is 0 Å². The van der Waals surface area contributed by atoms with Crippen molar-refractivity contribution in [2.45, 2.75) is 44.6 Å². The summed E-state index contributed by atoms with van der Waals surface area (Å²) in [5.41, 5.74) is 20.4. The van der Waals surface area contributed by atoms with Crippen LogP contribution in [0, 0.1) is 5.92 Å². The van der Waals surface area contributed by atoms with Crippen LogP contribution in [0.4, 0.5) is 28.4 Å². The smallest absolute Gasteiger partial charge is 0.135 e. The Morgan fingerprint density at radius 2 is 0.929 bits per heavy atom. The first-order valence-electron chi connectivity index (χ1n) is 24.6. The predicted molar refractivity (Wildman–Crippen MR) is 291 cm³/mol. The second-order valence-electron chi connectivity index (χ2n) is 20.5. The standard InChI is InChI=1S/C66H50N2O2/c1-65(2)53-21-7-9-23-57(53)67(47-17-13-15-41(35-47)43-29-33-63-51(37-43)49-19-5-11-25-61(49)69-63)59-31-27-45(39-55(59)65)46-28-32-60-56(40-46)66(3,4)54-22-8-10-24-58(54)68(60)48-18-14-16-42(36-48)44-30-34-64-52(38-44)50-20-6-12-26-62(50)70-64/h5-40,55,59H,1-4H3. The summed E-state index contributed by atoms with van der Waals surface area (Å²) in [5.74, 6) is 0.197. The Balaban J connectivity index is 0.843. The molecule has 0 bridgehead atoms. The third-order valence-electron chi connectivity index (χ3n) is 15.9. The van der Waals surface area contributed by atoms with Gasteiger partial charge in [-0.3, -0.25) is 0 Å². The van der Waals surface area contributed by atoms with Gasteiger partial charge in [-0.2, -0.15) is 0 Å². The van der Waals surface area contributed by atoms with Crippen molar-refractivity contribution in [2.75, 3.05) is 9.80 Å². The molecule has 0 spiro atoms. The number of furan rings is 2. The normalized spacial score (nSPS) is 17.6. The van der Waals surface area contributed by atoms with Gasteiger partial charge in [-0.05, 0) is 135 Å². The minimum absolute atomic E-state index is 0.112. The molecular formula is C66H50N2O2. The molecule has 0 amide bonds. The van der Waals surface area contributed by atoms with Crippen LogP contribution in [0.3, 0.4) is 0 Å². The lowest BCUT2D eigenvalue weighted by Crippen LogP contribution is -2.50. The molecule has 2 aromatic heterocycles. The monoisotopic (exact) mass is 902 g/mol. The third kappa shape index (κ3) is 6.09. The van der Waals surface area contributed by atoms with Gasteiger partial charge in [-0.1, -0.05) is 161 Å². The lowest BCUT2D eigenvalue weighted by molar-refractivity contribution is 0.333. The fraction of sp³-hybridized carbons (Fsp3) is 0.121. The zero-order chi connectivity index (χ0) is 46.9. The number of rotatable bonds is 5. The van der Waals surface area contributed by atoms with Crippen molar-refractivity contribution in [3.63, 3.8) is 0 Å². The zero-order valence-electron chi connectivity index (χ0n) is 39.7. The van der Waals surface area contributed by atoms with Gasteiger partial charge in [-0.15, -0.1) is 0 Å². The fourth-order valence-electron chi connectivity index (χ4n) is 12.3. The molecule has 3 aliphatic rings. The number of fused-ring (bicyclic) bond motifs is 10. The van der Waals surface area contributed by atoms with E-state index < -0.39 is 0 Å². The van der Waals surface area contributed by atoms with Crippen LogP contribution in [0.15, 0.2) is 227 Å². The molecule has 2 atom stereocenters. The van der Waals surface area contributed by atoms with E-state index in [1.54, 1.807) is 0 Å². The molecule has 4 heterocycles. The van der Waals surface area contributed by atoms with Gasteiger partial charge in [-0.25, -0.2) is 0 Å². The maximum atomic E-state index is 6.20. The second-order valence-corrected chi connectivity index (χ2v) is 20.5. The molecular weight excluding hydrogens is 853 g/mol.